The van der Waals surface area contributed by atoms with Gasteiger partial charge in [0.1, 0.15) is 0 Å². The third kappa shape index (κ3) is 2.32. The molecular formula is C14H20N2. The van der Waals surface area contributed by atoms with Gasteiger partial charge in [-0.05, 0) is 50.1 Å². The van der Waals surface area contributed by atoms with Crippen LogP contribution in [-0.4, -0.2) is 4.98 Å². The number of nitrogens with two attached hydrogens (primary N) is 1. The Morgan fingerprint density at radius 2 is 1.56 bits per heavy atom. The van der Waals surface area contributed by atoms with Gasteiger partial charge in [-0.1, -0.05) is 13.8 Å². The van der Waals surface area contributed by atoms with E-state index in [1.165, 1.54) is 5.56 Å². The van der Waals surface area contributed by atoms with Gasteiger partial charge in [-0.2, -0.15) is 0 Å². The molecule has 1 heterocycles. The SMILES string of the molecule is CC.Cc1cc(C)c2cc(N)cc(C)c2n1. The van der Waals surface area contributed by atoms with Crippen molar-refractivity contribution in [3.8, 4) is 0 Å². The zero-order valence-corrected chi connectivity index (χ0v) is 10.8. The largest absolute Gasteiger partial charge is 0.399 e. The van der Waals surface area contributed by atoms with Crippen LogP contribution in [0.1, 0.15) is 30.7 Å². The van der Waals surface area contributed by atoms with Gasteiger partial charge in [-0.3, -0.25) is 4.98 Å². The Hall–Kier alpha value is -1.57. The van der Waals surface area contributed by atoms with E-state index in [1.807, 2.05) is 39.8 Å². The van der Waals surface area contributed by atoms with Crippen molar-refractivity contribution in [3.63, 3.8) is 0 Å². The fourth-order valence-electron chi connectivity index (χ4n) is 1.86. The normalized spacial score (nSPS) is 9.81. The maximum absolute atomic E-state index is 5.80. The molecule has 2 N–H and O–H groups in total. The van der Waals surface area contributed by atoms with E-state index >= 15 is 0 Å². The lowest BCUT2D eigenvalue weighted by Gasteiger charge is -2.07. The molecule has 0 aliphatic heterocycles. The lowest BCUT2D eigenvalue weighted by atomic mass is 10.0. The topological polar surface area (TPSA) is 38.9 Å². The van der Waals surface area contributed by atoms with Gasteiger partial charge < -0.3 is 5.73 Å². The first-order chi connectivity index (χ1) is 7.58. The first kappa shape index (κ1) is 12.5. The summed E-state index contributed by atoms with van der Waals surface area (Å²) in [6.07, 6.45) is 0. The van der Waals surface area contributed by atoms with Crippen molar-refractivity contribution in [1.29, 1.82) is 0 Å². The Labute approximate surface area is 97.5 Å². The zero-order chi connectivity index (χ0) is 12.3. The summed E-state index contributed by atoms with van der Waals surface area (Å²) in [5.74, 6) is 0. The first-order valence-electron chi connectivity index (χ1n) is 5.72. The number of nitrogens with zero attached hydrogens (tertiary/aromatic N) is 1. The molecule has 2 nitrogen and oxygen atoms in total. The monoisotopic (exact) mass is 216 g/mol. The van der Waals surface area contributed by atoms with Crippen molar-refractivity contribution in [2.24, 2.45) is 0 Å². The highest BCUT2D eigenvalue weighted by Gasteiger charge is 2.03. The molecule has 1 aromatic heterocycles. The summed E-state index contributed by atoms with van der Waals surface area (Å²) >= 11 is 0. The average Bonchev–Trinajstić information content (AvgIpc) is 2.23. The lowest BCUT2D eigenvalue weighted by molar-refractivity contribution is 1.22. The molecule has 0 aliphatic rings. The van der Waals surface area contributed by atoms with E-state index in [0.29, 0.717) is 0 Å². The van der Waals surface area contributed by atoms with Crippen molar-refractivity contribution in [2.45, 2.75) is 34.6 Å². The highest BCUT2D eigenvalue weighted by molar-refractivity contribution is 5.87. The van der Waals surface area contributed by atoms with Crippen LogP contribution in [0.25, 0.3) is 10.9 Å². The minimum absolute atomic E-state index is 0.809. The number of pyridine rings is 1. The fraction of sp³-hybridized carbons (Fsp3) is 0.357. The number of nitrogen functional groups attached to an aromatic ring is 1. The molecular weight excluding hydrogens is 196 g/mol. The summed E-state index contributed by atoms with van der Waals surface area (Å²) < 4.78 is 0. The molecule has 0 saturated carbocycles. The maximum atomic E-state index is 5.80. The number of hydrogen-bond acceptors (Lipinski definition) is 2. The standard InChI is InChI=1S/C12H14N2.C2H6/c1-7-4-9(3)14-12-8(2)5-10(13)6-11(7)12;1-2/h4-6H,13H2,1-3H3;1-2H3. The fourth-order valence-corrected chi connectivity index (χ4v) is 1.86. The second kappa shape index (κ2) is 4.97. The molecule has 0 bridgehead atoms. The van der Waals surface area contributed by atoms with Gasteiger partial charge in [0.2, 0.25) is 0 Å². The summed E-state index contributed by atoms with van der Waals surface area (Å²) in [6, 6.07) is 6.04. The van der Waals surface area contributed by atoms with Crippen molar-refractivity contribution in [3.05, 3.63) is 35.0 Å². The maximum Gasteiger partial charge on any atom is 0.0738 e. The number of aryl methyl sites for hydroxylation is 3. The van der Waals surface area contributed by atoms with Crippen LogP contribution in [-0.2, 0) is 0 Å². The van der Waals surface area contributed by atoms with Gasteiger partial charge in [0.05, 0.1) is 5.52 Å². The summed E-state index contributed by atoms with van der Waals surface area (Å²) in [5, 5.41) is 1.16. The Bertz CT molecular complexity index is 454. The predicted octanol–water partition coefficient (Wildman–Crippen LogP) is 3.77. The summed E-state index contributed by atoms with van der Waals surface area (Å²) in [7, 11) is 0. The molecule has 86 valence electrons. The molecule has 16 heavy (non-hydrogen) atoms. The third-order valence-corrected chi connectivity index (χ3v) is 2.46. The molecule has 2 rings (SSSR count). The number of hydrogen-bond donors (Lipinski definition) is 1. The summed E-state index contributed by atoms with van der Waals surface area (Å²) in [4.78, 5) is 4.52. The van der Waals surface area contributed by atoms with E-state index in [2.05, 4.69) is 18.0 Å². The van der Waals surface area contributed by atoms with E-state index in [4.69, 9.17) is 5.73 Å². The number of benzene rings is 1. The van der Waals surface area contributed by atoms with Crippen LogP contribution in [0.4, 0.5) is 5.69 Å². The van der Waals surface area contributed by atoms with Gasteiger partial charge in [0, 0.05) is 16.8 Å². The smallest absolute Gasteiger partial charge is 0.0738 e. The molecule has 0 amide bonds. The molecule has 2 aromatic rings. The summed E-state index contributed by atoms with van der Waals surface area (Å²) in [5.41, 5.74) is 11.1. The molecule has 0 fully saturated rings. The van der Waals surface area contributed by atoms with Gasteiger partial charge in [-0.25, -0.2) is 0 Å². The molecule has 0 radical (unpaired) electrons. The molecule has 2 heteroatoms. The zero-order valence-electron chi connectivity index (χ0n) is 10.8. The summed E-state index contributed by atoms with van der Waals surface area (Å²) in [6.45, 7) is 10.2. The van der Waals surface area contributed by atoms with Gasteiger partial charge >= 0.3 is 0 Å². The number of rotatable bonds is 0. The van der Waals surface area contributed by atoms with Crippen LogP contribution in [0, 0.1) is 20.8 Å². The second-order valence-electron chi connectivity index (χ2n) is 3.81. The minimum atomic E-state index is 0.809. The van der Waals surface area contributed by atoms with E-state index < -0.39 is 0 Å². The Morgan fingerprint density at radius 1 is 0.938 bits per heavy atom. The van der Waals surface area contributed by atoms with Crippen LogP contribution in [0.2, 0.25) is 0 Å². The minimum Gasteiger partial charge on any atom is -0.399 e. The molecule has 0 saturated heterocycles. The van der Waals surface area contributed by atoms with Crippen LogP contribution >= 0.6 is 0 Å². The van der Waals surface area contributed by atoms with Crippen LogP contribution in [0.5, 0.6) is 0 Å². The van der Waals surface area contributed by atoms with Gasteiger partial charge in [-0.15, -0.1) is 0 Å². The van der Waals surface area contributed by atoms with E-state index in [1.54, 1.807) is 0 Å². The van der Waals surface area contributed by atoms with Crippen molar-refractivity contribution >= 4 is 16.6 Å². The third-order valence-electron chi connectivity index (χ3n) is 2.46. The van der Waals surface area contributed by atoms with Gasteiger partial charge in [0.15, 0.2) is 0 Å². The first-order valence-corrected chi connectivity index (χ1v) is 5.72. The van der Waals surface area contributed by atoms with Crippen LogP contribution < -0.4 is 5.73 Å². The molecule has 0 spiro atoms. The number of anilines is 1. The molecule has 0 unspecified atom stereocenters. The second-order valence-corrected chi connectivity index (χ2v) is 3.81. The predicted molar refractivity (Wildman–Crippen MR) is 71.7 cm³/mol. The quantitative estimate of drug-likeness (QED) is 0.681. The number of fused-ring (bicyclic) bond motifs is 1. The average molecular weight is 216 g/mol. The highest BCUT2D eigenvalue weighted by atomic mass is 14.7. The molecule has 0 atom stereocenters. The Morgan fingerprint density at radius 3 is 2.19 bits per heavy atom. The molecule has 1 aromatic carbocycles. The highest BCUT2D eigenvalue weighted by Crippen LogP contribution is 2.23. The van der Waals surface area contributed by atoms with E-state index in [9.17, 15) is 0 Å². The Kier molecular flexibility index (Phi) is 3.88. The van der Waals surface area contributed by atoms with Crippen molar-refractivity contribution in [2.75, 3.05) is 5.73 Å². The van der Waals surface area contributed by atoms with Crippen molar-refractivity contribution < 1.29 is 0 Å². The van der Waals surface area contributed by atoms with E-state index in [-0.39, 0.29) is 0 Å². The number of aromatic nitrogens is 1. The van der Waals surface area contributed by atoms with Gasteiger partial charge in [0.25, 0.3) is 0 Å². The Balaban J connectivity index is 0.000000606. The van der Waals surface area contributed by atoms with E-state index in [0.717, 1.165) is 27.8 Å². The molecule has 0 aliphatic carbocycles. The van der Waals surface area contributed by atoms with Crippen LogP contribution in [0.15, 0.2) is 18.2 Å². The van der Waals surface area contributed by atoms with Crippen molar-refractivity contribution in [1.82, 2.24) is 4.98 Å². The van der Waals surface area contributed by atoms with Crippen LogP contribution in [0.3, 0.4) is 0 Å². The lowest BCUT2D eigenvalue weighted by Crippen LogP contribution is -1.93.